The van der Waals surface area contributed by atoms with E-state index < -0.39 is 17.5 Å². The lowest BCUT2D eigenvalue weighted by molar-refractivity contribution is -0.164. The topological polar surface area (TPSA) is 82.9 Å². The molecule has 2 N–H and O–H groups in total. The molecule has 0 radical (unpaired) electrons. The van der Waals surface area contributed by atoms with Crippen molar-refractivity contribution in [3.63, 3.8) is 0 Å². The molecule has 1 aliphatic heterocycles. The van der Waals surface area contributed by atoms with Crippen LogP contribution in [0.25, 0.3) is 0 Å². The fraction of sp³-hybridized carbons (Fsp3) is 0.625. The minimum absolute atomic E-state index is 0.339. The van der Waals surface area contributed by atoms with Gasteiger partial charge in [0.2, 0.25) is 0 Å². The minimum atomic E-state index is -1.01. The van der Waals surface area contributed by atoms with Gasteiger partial charge in [-0.05, 0) is 31.5 Å². The van der Waals surface area contributed by atoms with E-state index in [-0.39, 0.29) is 0 Å². The summed E-state index contributed by atoms with van der Waals surface area (Å²) in [5, 5.41) is 20.0. The van der Waals surface area contributed by atoms with Crippen LogP contribution in [0.4, 0.5) is 0 Å². The number of carboxylic acid groups (broad SMARTS) is 1. The van der Waals surface area contributed by atoms with Crippen molar-refractivity contribution in [3.05, 3.63) is 24.0 Å². The molecular weight excluding hydrogens is 284 g/mol. The number of methoxy groups -OCH3 is 1. The van der Waals surface area contributed by atoms with E-state index in [0.717, 1.165) is 12.1 Å². The third-order valence-electron chi connectivity index (χ3n) is 4.51. The molecule has 0 aromatic carbocycles. The van der Waals surface area contributed by atoms with Crippen molar-refractivity contribution in [2.75, 3.05) is 20.2 Å². The van der Waals surface area contributed by atoms with E-state index in [1.807, 2.05) is 24.0 Å². The first-order valence-corrected chi connectivity index (χ1v) is 7.65. The molecule has 1 aliphatic rings. The zero-order chi connectivity index (χ0) is 16.2. The second-order valence-corrected chi connectivity index (χ2v) is 5.86. The van der Waals surface area contributed by atoms with Gasteiger partial charge in [-0.15, -0.1) is 0 Å². The highest BCUT2D eigenvalue weighted by atomic mass is 16.5. The van der Waals surface area contributed by atoms with Crippen molar-refractivity contribution in [1.82, 2.24) is 9.88 Å². The number of aliphatic carboxylic acids is 1. The first-order valence-electron chi connectivity index (χ1n) is 7.65. The average molecular weight is 308 g/mol. The van der Waals surface area contributed by atoms with Crippen molar-refractivity contribution in [1.29, 1.82) is 0 Å². The number of aromatic nitrogens is 1. The Bertz CT molecular complexity index is 523. The number of aliphatic hydroxyl groups excluding tert-OH is 1. The molecule has 1 fully saturated rings. The van der Waals surface area contributed by atoms with Crippen molar-refractivity contribution in [3.8, 4) is 5.75 Å². The van der Waals surface area contributed by atoms with E-state index in [2.05, 4.69) is 4.98 Å². The SMILES string of the molecule is CCC[C@]1(C(=O)O)CCN(Cc2ncccc2OC)C[C@@H]1O. The molecule has 0 spiro atoms. The van der Waals surface area contributed by atoms with Crippen LogP contribution in [0.3, 0.4) is 0 Å². The van der Waals surface area contributed by atoms with Gasteiger partial charge in [0.15, 0.2) is 0 Å². The predicted molar refractivity (Wildman–Crippen MR) is 81.7 cm³/mol. The van der Waals surface area contributed by atoms with Gasteiger partial charge in [0, 0.05) is 19.3 Å². The monoisotopic (exact) mass is 308 g/mol. The Morgan fingerprint density at radius 1 is 1.59 bits per heavy atom. The molecule has 122 valence electrons. The molecule has 2 atom stereocenters. The molecule has 0 amide bonds. The van der Waals surface area contributed by atoms with Crippen LogP contribution in [-0.2, 0) is 11.3 Å². The number of pyridine rings is 1. The molecule has 0 aliphatic carbocycles. The lowest BCUT2D eigenvalue weighted by Gasteiger charge is -2.42. The van der Waals surface area contributed by atoms with Crippen molar-refractivity contribution >= 4 is 5.97 Å². The molecule has 2 rings (SSSR count). The van der Waals surface area contributed by atoms with Crippen molar-refractivity contribution in [2.45, 2.75) is 38.8 Å². The highest BCUT2D eigenvalue weighted by Crippen LogP contribution is 2.37. The third-order valence-corrected chi connectivity index (χ3v) is 4.51. The summed E-state index contributed by atoms with van der Waals surface area (Å²) < 4.78 is 5.29. The maximum Gasteiger partial charge on any atom is 0.312 e. The normalized spacial score (nSPS) is 25.9. The molecule has 22 heavy (non-hydrogen) atoms. The largest absolute Gasteiger partial charge is 0.495 e. The first-order chi connectivity index (χ1) is 10.5. The highest BCUT2D eigenvalue weighted by molar-refractivity contribution is 5.75. The summed E-state index contributed by atoms with van der Waals surface area (Å²) in [5.74, 6) is -0.183. The van der Waals surface area contributed by atoms with Gasteiger partial charge in [-0.2, -0.15) is 0 Å². The molecule has 0 bridgehead atoms. The summed E-state index contributed by atoms with van der Waals surface area (Å²) in [6, 6.07) is 3.66. The van der Waals surface area contributed by atoms with Gasteiger partial charge in [0.25, 0.3) is 0 Å². The number of nitrogens with zero attached hydrogens (tertiary/aromatic N) is 2. The molecule has 2 heterocycles. The van der Waals surface area contributed by atoms with Crippen LogP contribution in [0.15, 0.2) is 18.3 Å². The number of carboxylic acids is 1. The molecule has 6 heteroatoms. The second-order valence-electron chi connectivity index (χ2n) is 5.86. The summed E-state index contributed by atoms with van der Waals surface area (Å²) in [7, 11) is 1.60. The Kier molecular flexibility index (Phi) is 5.37. The van der Waals surface area contributed by atoms with Gasteiger partial charge in [-0.1, -0.05) is 13.3 Å². The molecule has 1 aromatic rings. The van der Waals surface area contributed by atoms with E-state index in [1.54, 1.807) is 13.3 Å². The van der Waals surface area contributed by atoms with Crippen molar-refractivity contribution in [2.24, 2.45) is 5.41 Å². The second kappa shape index (κ2) is 7.07. The Morgan fingerprint density at radius 3 is 2.95 bits per heavy atom. The molecular formula is C16H24N2O4. The number of carbonyl (C=O) groups is 1. The average Bonchev–Trinajstić information content (AvgIpc) is 2.50. The van der Waals surface area contributed by atoms with E-state index in [4.69, 9.17) is 4.74 Å². The van der Waals surface area contributed by atoms with Crippen LogP contribution >= 0.6 is 0 Å². The summed E-state index contributed by atoms with van der Waals surface area (Å²) >= 11 is 0. The van der Waals surface area contributed by atoms with Crippen LogP contribution in [0.2, 0.25) is 0 Å². The lowest BCUT2D eigenvalue weighted by atomic mass is 9.73. The van der Waals surface area contributed by atoms with Gasteiger partial charge in [-0.25, -0.2) is 0 Å². The predicted octanol–water partition coefficient (Wildman–Crippen LogP) is 1.53. The molecule has 0 saturated carbocycles. The van der Waals surface area contributed by atoms with Crippen molar-refractivity contribution < 1.29 is 19.7 Å². The molecule has 6 nitrogen and oxygen atoms in total. The standard InChI is InChI=1S/C16H24N2O4/c1-3-6-16(15(20)21)7-9-18(11-14(16)19)10-12-13(22-2)5-4-8-17-12/h4-5,8,14,19H,3,6-7,9-11H2,1-2H3,(H,20,21)/t14-,16-/m0/s1. The summed E-state index contributed by atoms with van der Waals surface area (Å²) in [6.07, 6.45) is 2.54. The van der Waals surface area contributed by atoms with Gasteiger partial charge < -0.3 is 14.9 Å². The maximum atomic E-state index is 11.6. The number of rotatable bonds is 6. The zero-order valence-corrected chi connectivity index (χ0v) is 13.2. The van der Waals surface area contributed by atoms with Gasteiger partial charge in [-0.3, -0.25) is 14.7 Å². The number of hydrogen-bond donors (Lipinski definition) is 2. The maximum absolute atomic E-state index is 11.6. The van der Waals surface area contributed by atoms with Gasteiger partial charge >= 0.3 is 5.97 Å². The number of β-amino-alcohol motifs (C(OH)–C–C–N with tert-alkyl or cyclic N) is 1. The van der Waals surface area contributed by atoms with E-state index in [0.29, 0.717) is 38.2 Å². The lowest BCUT2D eigenvalue weighted by Crippen LogP contribution is -2.54. The van der Waals surface area contributed by atoms with Crippen LogP contribution in [0, 0.1) is 5.41 Å². The summed E-state index contributed by atoms with van der Waals surface area (Å²) in [4.78, 5) is 18.0. The van der Waals surface area contributed by atoms with Crippen LogP contribution in [0.1, 0.15) is 31.9 Å². The Balaban J connectivity index is 2.08. The van der Waals surface area contributed by atoms with E-state index in [9.17, 15) is 15.0 Å². The van der Waals surface area contributed by atoms with Crippen LogP contribution in [0.5, 0.6) is 5.75 Å². The van der Waals surface area contributed by atoms with Gasteiger partial charge in [0.1, 0.15) is 5.75 Å². The number of ether oxygens (including phenoxy) is 1. The Morgan fingerprint density at radius 2 is 2.36 bits per heavy atom. The summed E-state index contributed by atoms with van der Waals surface area (Å²) in [5.41, 5.74) is -0.213. The fourth-order valence-electron chi connectivity index (χ4n) is 3.21. The van der Waals surface area contributed by atoms with Crippen LogP contribution in [-0.4, -0.2) is 52.4 Å². The minimum Gasteiger partial charge on any atom is -0.495 e. The van der Waals surface area contributed by atoms with Gasteiger partial charge in [0.05, 0.1) is 24.3 Å². The highest BCUT2D eigenvalue weighted by Gasteiger charge is 2.47. The number of aliphatic hydroxyl groups is 1. The molecule has 1 aromatic heterocycles. The van der Waals surface area contributed by atoms with E-state index in [1.165, 1.54) is 0 Å². The third kappa shape index (κ3) is 3.23. The summed E-state index contributed by atoms with van der Waals surface area (Å²) in [6.45, 7) is 3.46. The Hall–Kier alpha value is -1.66. The molecule has 0 unspecified atom stereocenters. The van der Waals surface area contributed by atoms with E-state index >= 15 is 0 Å². The fourth-order valence-corrected chi connectivity index (χ4v) is 3.21. The zero-order valence-electron chi connectivity index (χ0n) is 13.2. The number of piperidine rings is 1. The van der Waals surface area contributed by atoms with Crippen LogP contribution < -0.4 is 4.74 Å². The smallest absolute Gasteiger partial charge is 0.312 e. The number of likely N-dealkylation sites (tertiary alicyclic amines) is 1. The molecule has 1 saturated heterocycles. The Labute approximate surface area is 130 Å². The first kappa shape index (κ1) is 16.7. The quantitative estimate of drug-likeness (QED) is 0.829. The number of hydrogen-bond acceptors (Lipinski definition) is 5.